The van der Waals surface area contributed by atoms with Gasteiger partial charge in [0.05, 0.1) is 6.54 Å². The smallest absolute Gasteiger partial charge is 0.139 e. The molecule has 0 unspecified atom stereocenters. The van der Waals surface area contributed by atoms with Gasteiger partial charge in [0.15, 0.2) is 0 Å². The number of anilines is 1. The van der Waals surface area contributed by atoms with Gasteiger partial charge in [0.2, 0.25) is 0 Å². The second kappa shape index (κ2) is 6.69. The van der Waals surface area contributed by atoms with Gasteiger partial charge in [0, 0.05) is 18.4 Å². The zero-order valence-electron chi connectivity index (χ0n) is 11.3. The third-order valence-corrected chi connectivity index (χ3v) is 2.68. The fraction of sp³-hybridized carbons (Fsp3) is 0.357. The van der Waals surface area contributed by atoms with Crippen LogP contribution >= 0.6 is 0 Å². The number of carbonyl (C=O) groups is 1. The van der Waals surface area contributed by atoms with E-state index < -0.39 is 0 Å². The van der Waals surface area contributed by atoms with Gasteiger partial charge in [-0.1, -0.05) is 12.1 Å². The van der Waals surface area contributed by atoms with Gasteiger partial charge in [-0.2, -0.15) is 0 Å². The predicted octanol–water partition coefficient (Wildman–Crippen LogP) is 2.46. The van der Waals surface area contributed by atoms with Crippen molar-refractivity contribution in [2.24, 2.45) is 9.98 Å². The third-order valence-electron chi connectivity index (χ3n) is 2.68. The van der Waals surface area contributed by atoms with Crippen LogP contribution < -0.4 is 5.32 Å². The average molecular weight is 245 g/mol. The maximum atomic E-state index is 10.4. The Kier molecular flexibility index (Phi) is 5.24. The highest BCUT2D eigenvalue weighted by molar-refractivity contribution is 6.06. The molecule has 1 aromatic rings. The summed E-state index contributed by atoms with van der Waals surface area (Å²) in [7, 11) is 1.72. The van der Waals surface area contributed by atoms with Crippen LogP contribution in [0.2, 0.25) is 0 Å². The Morgan fingerprint density at radius 3 is 2.72 bits per heavy atom. The number of carbonyl (C=O) groups excluding carboxylic acids is 1. The van der Waals surface area contributed by atoms with E-state index in [9.17, 15) is 4.79 Å². The van der Waals surface area contributed by atoms with Crippen LogP contribution in [0.25, 0.3) is 0 Å². The lowest BCUT2D eigenvalue weighted by Crippen LogP contribution is -2.06. The van der Waals surface area contributed by atoms with Gasteiger partial charge in [-0.05, 0) is 38.0 Å². The summed E-state index contributed by atoms with van der Waals surface area (Å²) in [6.07, 6.45) is 0.848. The third kappa shape index (κ3) is 3.80. The molecule has 4 heteroatoms. The quantitative estimate of drug-likeness (QED) is 0.503. The van der Waals surface area contributed by atoms with Gasteiger partial charge >= 0.3 is 0 Å². The first kappa shape index (κ1) is 14.1. The zero-order chi connectivity index (χ0) is 13.5. The van der Waals surface area contributed by atoms with E-state index in [0.717, 1.165) is 34.6 Å². The van der Waals surface area contributed by atoms with E-state index in [1.165, 1.54) is 0 Å². The minimum Gasteiger partial charge on any atom is -0.378 e. The first-order chi connectivity index (χ1) is 8.58. The van der Waals surface area contributed by atoms with Crippen molar-refractivity contribution < 1.29 is 4.79 Å². The van der Waals surface area contributed by atoms with Gasteiger partial charge in [-0.25, -0.2) is 4.99 Å². The molecule has 0 spiro atoms. The van der Waals surface area contributed by atoms with Crippen LogP contribution in [-0.4, -0.2) is 31.4 Å². The molecule has 0 amide bonds. The number of hydrogen-bond donors (Lipinski definition) is 1. The van der Waals surface area contributed by atoms with Gasteiger partial charge in [0.25, 0.3) is 0 Å². The number of amidine groups is 1. The van der Waals surface area contributed by atoms with Crippen molar-refractivity contribution >= 4 is 23.5 Å². The standard InChI is InChI=1S/C14H19N3O/c1-10-5-6-13(9-14(10)16-7-8-18)11(2)17-12(3)15-4/h5-6,8-9,16H,7H2,1-4H3. The SMILES string of the molecule is CN=C(C)N=C(C)c1ccc(C)c(NCC=O)c1. The second-order valence-electron chi connectivity index (χ2n) is 4.05. The minimum atomic E-state index is 0.315. The van der Waals surface area contributed by atoms with Crippen LogP contribution in [0.5, 0.6) is 0 Å². The number of hydrogen-bond acceptors (Lipinski definition) is 3. The monoisotopic (exact) mass is 245 g/mol. The van der Waals surface area contributed by atoms with Crippen molar-refractivity contribution in [1.82, 2.24) is 0 Å². The maximum absolute atomic E-state index is 10.4. The number of benzene rings is 1. The van der Waals surface area contributed by atoms with E-state index in [4.69, 9.17) is 0 Å². The van der Waals surface area contributed by atoms with Crippen molar-refractivity contribution in [3.05, 3.63) is 29.3 Å². The molecular weight excluding hydrogens is 226 g/mol. The Bertz CT molecular complexity index is 490. The summed E-state index contributed by atoms with van der Waals surface area (Å²) in [5, 5.41) is 3.07. The molecule has 0 fully saturated rings. The van der Waals surface area contributed by atoms with Crippen molar-refractivity contribution in [2.75, 3.05) is 18.9 Å². The molecule has 0 aliphatic rings. The van der Waals surface area contributed by atoms with Crippen molar-refractivity contribution in [1.29, 1.82) is 0 Å². The van der Waals surface area contributed by atoms with Crippen molar-refractivity contribution in [3.63, 3.8) is 0 Å². The number of nitrogens with one attached hydrogen (secondary N) is 1. The molecule has 18 heavy (non-hydrogen) atoms. The van der Waals surface area contributed by atoms with E-state index >= 15 is 0 Å². The molecule has 1 aromatic carbocycles. The van der Waals surface area contributed by atoms with Gasteiger partial charge in [-0.15, -0.1) is 0 Å². The maximum Gasteiger partial charge on any atom is 0.139 e. The molecule has 4 nitrogen and oxygen atoms in total. The fourth-order valence-electron chi connectivity index (χ4n) is 1.55. The summed E-state index contributed by atoms with van der Waals surface area (Å²) in [4.78, 5) is 18.8. The minimum absolute atomic E-state index is 0.315. The highest BCUT2D eigenvalue weighted by Gasteiger charge is 2.03. The number of aliphatic imine (C=N–C) groups is 2. The highest BCUT2D eigenvalue weighted by Crippen LogP contribution is 2.17. The first-order valence-electron chi connectivity index (χ1n) is 5.85. The summed E-state index contributed by atoms with van der Waals surface area (Å²) in [5.74, 6) is 0.746. The molecule has 0 saturated heterocycles. The first-order valence-corrected chi connectivity index (χ1v) is 5.85. The molecule has 0 saturated carbocycles. The molecule has 0 aliphatic carbocycles. The molecule has 96 valence electrons. The Morgan fingerprint density at radius 2 is 2.11 bits per heavy atom. The Hall–Kier alpha value is -1.97. The lowest BCUT2D eigenvalue weighted by atomic mass is 10.1. The van der Waals surface area contributed by atoms with Gasteiger partial charge in [0.1, 0.15) is 12.1 Å². The van der Waals surface area contributed by atoms with E-state index in [2.05, 4.69) is 15.3 Å². The number of nitrogens with zero attached hydrogens (tertiary/aromatic N) is 2. The summed E-state index contributed by atoms with van der Waals surface area (Å²) >= 11 is 0. The average Bonchev–Trinajstić information content (AvgIpc) is 2.37. The Labute approximate surface area is 108 Å². The van der Waals surface area contributed by atoms with Crippen molar-refractivity contribution in [3.8, 4) is 0 Å². The van der Waals surface area contributed by atoms with Gasteiger partial charge < -0.3 is 10.1 Å². The Morgan fingerprint density at radius 1 is 1.39 bits per heavy atom. The molecule has 0 atom stereocenters. The highest BCUT2D eigenvalue weighted by atomic mass is 16.1. The molecule has 0 heterocycles. The van der Waals surface area contributed by atoms with E-state index in [-0.39, 0.29) is 0 Å². The molecular formula is C14H19N3O. The fourth-order valence-corrected chi connectivity index (χ4v) is 1.55. The van der Waals surface area contributed by atoms with Crippen LogP contribution in [0.4, 0.5) is 5.69 Å². The summed E-state index contributed by atoms with van der Waals surface area (Å²) < 4.78 is 0. The summed E-state index contributed by atoms with van der Waals surface area (Å²) in [5.41, 5.74) is 4.00. The summed E-state index contributed by atoms with van der Waals surface area (Å²) in [6.45, 7) is 6.13. The molecule has 0 aromatic heterocycles. The van der Waals surface area contributed by atoms with Crippen LogP contribution in [0.15, 0.2) is 28.2 Å². The normalized spacial score (nSPS) is 12.4. The van der Waals surface area contributed by atoms with Crippen LogP contribution in [0, 0.1) is 6.92 Å². The zero-order valence-corrected chi connectivity index (χ0v) is 11.3. The number of aryl methyl sites for hydroxylation is 1. The molecule has 1 rings (SSSR count). The topological polar surface area (TPSA) is 53.8 Å². The Balaban J connectivity index is 3.04. The molecule has 0 radical (unpaired) electrons. The summed E-state index contributed by atoms with van der Waals surface area (Å²) in [6, 6.07) is 6.03. The molecule has 0 bridgehead atoms. The number of rotatable bonds is 4. The second-order valence-corrected chi connectivity index (χ2v) is 4.05. The van der Waals surface area contributed by atoms with E-state index in [1.807, 2.05) is 39.0 Å². The van der Waals surface area contributed by atoms with Crippen molar-refractivity contribution in [2.45, 2.75) is 20.8 Å². The predicted molar refractivity (Wildman–Crippen MR) is 77.0 cm³/mol. The van der Waals surface area contributed by atoms with E-state index in [0.29, 0.717) is 6.54 Å². The molecule has 0 aliphatic heterocycles. The largest absolute Gasteiger partial charge is 0.378 e. The lowest BCUT2D eigenvalue weighted by Gasteiger charge is -2.09. The van der Waals surface area contributed by atoms with Gasteiger partial charge in [-0.3, -0.25) is 4.99 Å². The van der Waals surface area contributed by atoms with Crippen LogP contribution in [0.1, 0.15) is 25.0 Å². The lowest BCUT2D eigenvalue weighted by molar-refractivity contribution is -0.106. The molecule has 1 N–H and O–H groups in total. The van der Waals surface area contributed by atoms with Crippen LogP contribution in [0.3, 0.4) is 0 Å². The number of aldehydes is 1. The van der Waals surface area contributed by atoms with Crippen LogP contribution in [-0.2, 0) is 4.79 Å². The van der Waals surface area contributed by atoms with E-state index in [1.54, 1.807) is 7.05 Å².